The number of nitrogens with one attached hydrogen (secondary N) is 1. The molecule has 0 aliphatic rings. The molecule has 0 unspecified atom stereocenters. The van der Waals surface area contributed by atoms with Gasteiger partial charge >= 0.3 is 0 Å². The van der Waals surface area contributed by atoms with Crippen molar-refractivity contribution in [3.8, 4) is 45.5 Å². The normalized spacial score (nSPS) is 10.8. The molecule has 0 radical (unpaired) electrons. The molecule has 1 N–H and O–H groups in total. The van der Waals surface area contributed by atoms with Crippen molar-refractivity contribution in [2.45, 2.75) is 0 Å². The number of aromatic amines is 1. The smallest absolute Gasteiger partial charge is 0.248 e. The topological polar surface area (TPSA) is 86.1 Å². The molecule has 2 heterocycles. The molecule has 136 valence electrons. The van der Waals surface area contributed by atoms with Crippen LogP contribution in [0.1, 0.15) is 0 Å². The SMILES string of the molecule is COc1ccc(-c2nnc(-c3cc(Cl)ccc3-c3cn[nH]c3)o2)cc1OC. The second kappa shape index (κ2) is 7.13. The number of halogens is 1. The molecule has 0 amide bonds. The molecular formula is C19H15ClN4O3. The zero-order valence-electron chi connectivity index (χ0n) is 14.6. The first-order chi connectivity index (χ1) is 13.2. The van der Waals surface area contributed by atoms with Crippen LogP contribution >= 0.6 is 11.6 Å². The Labute approximate surface area is 159 Å². The summed E-state index contributed by atoms with van der Waals surface area (Å²) >= 11 is 6.18. The van der Waals surface area contributed by atoms with Crippen LogP contribution in [-0.4, -0.2) is 34.6 Å². The predicted octanol–water partition coefficient (Wildman–Crippen LogP) is 4.46. The Morgan fingerprint density at radius 1 is 0.889 bits per heavy atom. The summed E-state index contributed by atoms with van der Waals surface area (Å²) < 4.78 is 16.5. The second-order valence-corrected chi connectivity index (χ2v) is 6.10. The fourth-order valence-corrected chi connectivity index (χ4v) is 2.93. The average molecular weight is 383 g/mol. The van der Waals surface area contributed by atoms with Crippen molar-refractivity contribution < 1.29 is 13.9 Å². The molecule has 0 aliphatic heterocycles. The van der Waals surface area contributed by atoms with E-state index in [-0.39, 0.29) is 0 Å². The lowest BCUT2D eigenvalue weighted by molar-refractivity contribution is 0.355. The number of aromatic nitrogens is 4. The van der Waals surface area contributed by atoms with E-state index in [9.17, 15) is 0 Å². The van der Waals surface area contributed by atoms with E-state index in [4.69, 9.17) is 25.5 Å². The quantitative estimate of drug-likeness (QED) is 0.548. The van der Waals surface area contributed by atoms with Crippen molar-refractivity contribution in [2.75, 3.05) is 14.2 Å². The number of nitrogens with zero attached hydrogens (tertiary/aromatic N) is 3. The standard InChI is InChI=1S/C19H15ClN4O3/c1-25-16-6-3-11(7-17(16)26-2)18-23-24-19(27-18)15-8-13(20)4-5-14(15)12-9-21-22-10-12/h3-10H,1-2H3,(H,21,22). The zero-order chi connectivity index (χ0) is 18.8. The molecule has 2 aromatic heterocycles. The van der Waals surface area contributed by atoms with Gasteiger partial charge in [-0.1, -0.05) is 17.7 Å². The van der Waals surface area contributed by atoms with Gasteiger partial charge in [0.25, 0.3) is 0 Å². The third-order valence-corrected chi connectivity index (χ3v) is 4.31. The molecule has 0 aliphatic carbocycles. The first kappa shape index (κ1) is 17.1. The van der Waals surface area contributed by atoms with Gasteiger partial charge in [-0.2, -0.15) is 5.10 Å². The minimum atomic E-state index is 0.360. The zero-order valence-corrected chi connectivity index (χ0v) is 15.3. The maximum Gasteiger partial charge on any atom is 0.248 e. The van der Waals surface area contributed by atoms with E-state index in [1.54, 1.807) is 50.9 Å². The van der Waals surface area contributed by atoms with Crippen molar-refractivity contribution in [3.05, 3.63) is 53.8 Å². The highest BCUT2D eigenvalue weighted by molar-refractivity contribution is 6.31. The van der Waals surface area contributed by atoms with Crippen molar-refractivity contribution >= 4 is 11.6 Å². The summed E-state index contributed by atoms with van der Waals surface area (Å²) in [5, 5.41) is 15.7. The highest BCUT2D eigenvalue weighted by atomic mass is 35.5. The van der Waals surface area contributed by atoms with Crippen LogP contribution in [0.3, 0.4) is 0 Å². The van der Waals surface area contributed by atoms with Crippen molar-refractivity contribution in [2.24, 2.45) is 0 Å². The maximum atomic E-state index is 6.18. The van der Waals surface area contributed by atoms with Gasteiger partial charge in [-0.25, -0.2) is 0 Å². The number of hydrogen-bond acceptors (Lipinski definition) is 6. The van der Waals surface area contributed by atoms with Gasteiger partial charge in [0.15, 0.2) is 11.5 Å². The molecule has 7 nitrogen and oxygen atoms in total. The first-order valence-corrected chi connectivity index (χ1v) is 8.42. The molecule has 0 atom stereocenters. The van der Waals surface area contributed by atoms with Crippen LogP contribution in [0.15, 0.2) is 53.2 Å². The second-order valence-electron chi connectivity index (χ2n) is 5.66. The van der Waals surface area contributed by atoms with Crippen LogP contribution in [-0.2, 0) is 0 Å². The van der Waals surface area contributed by atoms with Gasteiger partial charge in [0.2, 0.25) is 11.8 Å². The fraction of sp³-hybridized carbons (Fsp3) is 0.105. The van der Waals surface area contributed by atoms with Crippen LogP contribution in [0.25, 0.3) is 34.0 Å². The molecule has 0 fully saturated rings. The van der Waals surface area contributed by atoms with Crippen LogP contribution in [0.4, 0.5) is 0 Å². The van der Waals surface area contributed by atoms with E-state index in [1.165, 1.54) is 0 Å². The molecular weight excluding hydrogens is 368 g/mol. The lowest BCUT2D eigenvalue weighted by Crippen LogP contribution is -1.90. The van der Waals surface area contributed by atoms with E-state index < -0.39 is 0 Å². The third-order valence-electron chi connectivity index (χ3n) is 4.08. The Balaban J connectivity index is 1.77. The number of methoxy groups -OCH3 is 2. The van der Waals surface area contributed by atoms with Gasteiger partial charge in [0.05, 0.1) is 20.4 Å². The lowest BCUT2D eigenvalue weighted by Gasteiger charge is -2.07. The molecule has 4 aromatic rings. The summed E-state index contributed by atoms with van der Waals surface area (Å²) in [6.07, 6.45) is 3.51. The monoisotopic (exact) mass is 382 g/mol. The number of H-pyrrole nitrogens is 1. The Morgan fingerprint density at radius 3 is 2.44 bits per heavy atom. The summed E-state index contributed by atoms with van der Waals surface area (Å²) in [6.45, 7) is 0. The van der Waals surface area contributed by atoms with Crippen molar-refractivity contribution in [1.29, 1.82) is 0 Å². The summed E-state index contributed by atoms with van der Waals surface area (Å²) in [5.41, 5.74) is 3.23. The highest BCUT2D eigenvalue weighted by Crippen LogP contribution is 2.36. The maximum absolute atomic E-state index is 6.18. The average Bonchev–Trinajstić information content (AvgIpc) is 3.39. The van der Waals surface area contributed by atoms with E-state index in [1.807, 2.05) is 12.1 Å². The Kier molecular flexibility index (Phi) is 4.52. The van der Waals surface area contributed by atoms with E-state index in [2.05, 4.69) is 20.4 Å². The number of rotatable bonds is 5. The molecule has 4 rings (SSSR count). The Hall–Kier alpha value is -3.32. The van der Waals surface area contributed by atoms with Gasteiger partial charge in [-0.05, 0) is 35.9 Å². The third kappa shape index (κ3) is 3.24. The summed E-state index contributed by atoms with van der Waals surface area (Å²) in [6, 6.07) is 10.9. The van der Waals surface area contributed by atoms with E-state index >= 15 is 0 Å². The van der Waals surface area contributed by atoms with Crippen LogP contribution in [0, 0.1) is 0 Å². The van der Waals surface area contributed by atoms with Gasteiger partial charge < -0.3 is 13.9 Å². The van der Waals surface area contributed by atoms with Crippen molar-refractivity contribution in [3.63, 3.8) is 0 Å². The van der Waals surface area contributed by atoms with Gasteiger partial charge in [0.1, 0.15) is 0 Å². The minimum Gasteiger partial charge on any atom is -0.493 e. The van der Waals surface area contributed by atoms with Gasteiger partial charge in [-0.15, -0.1) is 10.2 Å². The van der Waals surface area contributed by atoms with Crippen molar-refractivity contribution in [1.82, 2.24) is 20.4 Å². The highest BCUT2D eigenvalue weighted by Gasteiger charge is 2.17. The summed E-state index contributed by atoms with van der Waals surface area (Å²) in [4.78, 5) is 0. The first-order valence-electron chi connectivity index (χ1n) is 8.04. The number of benzene rings is 2. The molecule has 27 heavy (non-hydrogen) atoms. The predicted molar refractivity (Wildman–Crippen MR) is 101 cm³/mol. The van der Waals surface area contributed by atoms with E-state index in [0.717, 1.165) is 22.3 Å². The molecule has 0 saturated heterocycles. The van der Waals surface area contributed by atoms with Gasteiger partial charge in [0, 0.05) is 27.9 Å². The molecule has 0 bridgehead atoms. The van der Waals surface area contributed by atoms with E-state index in [0.29, 0.717) is 28.3 Å². The summed E-state index contributed by atoms with van der Waals surface area (Å²) in [7, 11) is 3.16. The number of hydrogen-bond donors (Lipinski definition) is 1. The van der Waals surface area contributed by atoms with Crippen LogP contribution < -0.4 is 9.47 Å². The molecule has 0 spiro atoms. The molecule has 0 saturated carbocycles. The largest absolute Gasteiger partial charge is 0.493 e. The lowest BCUT2D eigenvalue weighted by atomic mass is 10.0. The van der Waals surface area contributed by atoms with Crippen LogP contribution in [0.2, 0.25) is 5.02 Å². The van der Waals surface area contributed by atoms with Gasteiger partial charge in [-0.3, -0.25) is 5.10 Å². The number of ether oxygens (including phenoxy) is 2. The fourth-order valence-electron chi connectivity index (χ4n) is 2.76. The molecule has 2 aromatic carbocycles. The summed E-state index contributed by atoms with van der Waals surface area (Å²) in [5.74, 6) is 1.93. The van der Waals surface area contributed by atoms with Crippen LogP contribution in [0.5, 0.6) is 11.5 Å². The molecule has 8 heteroatoms. The minimum absolute atomic E-state index is 0.360. The Morgan fingerprint density at radius 2 is 1.70 bits per heavy atom. The Bertz CT molecular complexity index is 1080.